The number of hydrogen-bond donors (Lipinski definition) is 0. The van der Waals surface area contributed by atoms with E-state index in [-0.39, 0.29) is 0 Å². The molecule has 0 unspecified atom stereocenters. The summed E-state index contributed by atoms with van der Waals surface area (Å²) in [5.74, 6) is 0. The second kappa shape index (κ2) is 8.30. The average Bonchev–Trinajstić information content (AvgIpc) is 2.73. The lowest BCUT2D eigenvalue weighted by Crippen LogP contribution is -2.39. The van der Waals surface area contributed by atoms with Crippen molar-refractivity contribution < 1.29 is 0 Å². The maximum atomic E-state index is 5.25. The predicted octanol–water partition coefficient (Wildman–Crippen LogP) is 6.39. The summed E-state index contributed by atoms with van der Waals surface area (Å²) < 4.78 is 0. The zero-order valence-electron chi connectivity index (χ0n) is 16.2. The summed E-state index contributed by atoms with van der Waals surface area (Å²) in [6.07, 6.45) is 8.76. The van der Waals surface area contributed by atoms with Gasteiger partial charge in [0.1, 0.15) is 0 Å². The van der Waals surface area contributed by atoms with Crippen molar-refractivity contribution >= 4 is 44.4 Å². The van der Waals surface area contributed by atoms with Crippen LogP contribution >= 0.6 is 11.8 Å². The number of aromatic nitrogens is 1. The minimum atomic E-state index is 0.620. The number of para-hydroxylation sites is 2. The van der Waals surface area contributed by atoms with Crippen molar-refractivity contribution in [2.75, 3.05) is 12.8 Å². The molecule has 1 aliphatic carbocycles. The van der Waals surface area contributed by atoms with Crippen LogP contribution in [0.25, 0.3) is 21.8 Å². The molecular weight excluding hydrogens is 350 g/mol. The van der Waals surface area contributed by atoms with Crippen molar-refractivity contribution in [3.8, 4) is 0 Å². The molecule has 3 aromatic rings. The molecule has 2 aromatic carbocycles. The van der Waals surface area contributed by atoms with E-state index in [2.05, 4.69) is 54.5 Å². The van der Waals surface area contributed by atoms with Crippen molar-refractivity contribution in [1.82, 2.24) is 9.88 Å². The van der Waals surface area contributed by atoms with E-state index in [1.807, 2.05) is 12.1 Å². The molecular formula is C23H27N3S. The fourth-order valence-corrected chi connectivity index (χ4v) is 4.90. The summed E-state index contributed by atoms with van der Waals surface area (Å²) in [5, 5.41) is 3.39. The van der Waals surface area contributed by atoms with E-state index in [4.69, 9.17) is 9.98 Å². The van der Waals surface area contributed by atoms with Gasteiger partial charge in [0.2, 0.25) is 0 Å². The molecule has 1 heterocycles. The maximum Gasteiger partial charge on any atom is 0.164 e. The molecule has 4 heteroatoms. The molecule has 3 nitrogen and oxygen atoms in total. The molecule has 0 spiro atoms. The Morgan fingerprint density at radius 1 is 1.00 bits per heavy atom. The molecule has 0 aliphatic heterocycles. The topological polar surface area (TPSA) is 28.5 Å². The molecule has 0 amide bonds. The Labute approximate surface area is 165 Å². The van der Waals surface area contributed by atoms with E-state index in [0.717, 1.165) is 39.2 Å². The fourth-order valence-electron chi connectivity index (χ4n) is 4.20. The van der Waals surface area contributed by atoms with E-state index in [1.165, 1.54) is 32.1 Å². The highest BCUT2D eigenvalue weighted by Crippen LogP contribution is 2.35. The third-order valence-corrected chi connectivity index (χ3v) is 6.24. The highest BCUT2D eigenvalue weighted by Gasteiger charge is 2.23. The van der Waals surface area contributed by atoms with Crippen LogP contribution in [-0.4, -0.2) is 33.9 Å². The molecule has 1 saturated carbocycles. The van der Waals surface area contributed by atoms with Gasteiger partial charge in [0.25, 0.3) is 0 Å². The molecule has 0 radical (unpaired) electrons. The van der Waals surface area contributed by atoms with Gasteiger partial charge in [-0.25, -0.2) is 9.98 Å². The third-order valence-electron chi connectivity index (χ3n) is 5.55. The Bertz CT molecular complexity index is 906. The Morgan fingerprint density at radius 3 is 2.15 bits per heavy atom. The van der Waals surface area contributed by atoms with Gasteiger partial charge in [0, 0.05) is 23.4 Å². The summed E-state index contributed by atoms with van der Waals surface area (Å²) in [7, 11) is 0. The smallest absolute Gasteiger partial charge is 0.164 e. The van der Waals surface area contributed by atoms with Crippen molar-refractivity contribution in [1.29, 1.82) is 0 Å². The van der Waals surface area contributed by atoms with Crippen LogP contribution in [0.5, 0.6) is 0 Å². The fraction of sp³-hybridized carbons (Fsp3) is 0.391. The Kier molecular flexibility index (Phi) is 5.63. The number of aliphatic imine (C=N–C) groups is 1. The van der Waals surface area contributed by atoms with Gasteiger partial charge in [-0.1, -0.05) is 67.4 Å². The van der Waals surface area contributed by atoms with Gasteiger partial charge in [-0.3, -0.25) is 0 Å². The zero-order chi connectivity index (χ0) is 18.6. The SMILES string of the molecule is CCN(C(=Nc1c2ccccc2nc2ccccc12)SC)C1CCCCC1. The third kappa shape index (κ3) is 3.68. The summed E-state index contributed by atoms with van der Waals surface area (Å²) in [4.78, 5) is 12.6. The number of rotatable bonds is 3. The van der Waals surface area contributed by atoms with E-state index in [1.54, 1.807) is 11.8 Å². The van der Waals surface area contributed by atoms with Gasteiger partial charge < -0.3 is 4.90 Å². The van der Waals surface area contributed by atoms with Gasteiger partial charge in [-0.05, 0) is 38.2 Å². The first-order valence-electron chi connectivity index (χ1n) is 9.98. The second-order valence-electron chi connectivity index (χ2n) is 7.17. The van der Waals surface area contributed by atoms with E-state index in [9.17, 15) is 0 Å². The summed E-state index contributed by atoms with van der Waals surface area (Å²) in [5.41, 5.74) is 3.07. The molecule has 4 rings (SSSR count). The summed E-state index contributed by atoms with van der Waals surface area (Å²) in [6.45, 7) is 3.26. The average molecular weight is 378 g/mol. The number of nitrogens with zero attached hydrogens (tertiary/aromatic N) is 3. The normalized spacial score (nSPS) is 16.1. The molecule has 1 fully saturated rings. The summed E-state index contributed by atoms with van der Waals surface area (Å²) in [6, 6.07) is 17.3. The van der Waals surface area contributed by atoms with Crippen LogP contribution in [0.1, 0.15) is 39.0 Å². The molecule has 1 aromatic heterocycles. The van der Waals surface area contributed by atoms with Crippen LogP contribution < -0.4 is 0 Å². The molecule has 1 aliphatic rings. The van der Waals surface area contributed by atoms with Gasteiger partial charge >= 0.3 is 0 Å². The Morgan fingerprint density at radius 2 is 1.59 bits per heavy atom. The van der Waals surface area contributed by atoms with Gasteiger partial charge in [0.15, 0.2) is 5.17 Å². The highest BCUT2D eigenvalue weighted by molar-refractivity contribution is 8.13. The predicted molar refractivity (Wildman–Crippen MR) is 119 cm³/mol. The lowest BCUT2D eigenvalue weighted by molar-refractivity contribution is 0.256. The molecule has 0 saturated heterocycles. The van der Waals surface area contributed by atoms with Crippen LogP contribution in [0.3, 0.4) is 0 Å². The molecule has 27 heavy (non-hydrogen) atoms. The van der Waals surface area contributed by atoms with Gasteiger partial charge in [-0.2, -0.15) is 0 Å². The lowest BCUT2D eigenvalue weighted by Gasteiger charge is -2.35. The van der Waals surface area contributed by atoms with Crippen LogP contribution in [-0.2, 0) is 0 Å². The van der Waals surface area contributed by atoms with Crippen molar-refractivity contribution in [3.63, 3.8) is 0 Å². The minimum Gasteiger partial charge on any atom is -0.348 e. The Balaban J connectivity index is 1.87. The molecule has 0 N–H and O–H groups in total. The molecule has 0 bridgehead atoms. The van der Waals surface area contributed by atoms with E-state index < -0.39 is 0 Å². The first-order chi connectivity index (χ1) is 13.3. The standard InChI is InChI=1S/C23H27N3S/c1-3-26(17-11-5-4-6-12-17)23(27-2)25-22-18-13-7-9-15-20(18)24-21-16-10-8-14-19(21)22/h7-10,13-17H,3-6,11-12H2,1-2H3. The molecule has 140 valence electrons. The highest BCUT2D eigenvalue weighted by atomic mass is 32.2. The number of benzene rings is 2. The van der Waals surface area contributed by atoms with Gasteiger partial charge in [0.05, 0.1) is 16.7 Å². The van der Waals surface area contributed by atoms with Crippen molar-refractivity contribution in [3.05, 3.63) is 48.5 Å². The quantitative estimate of drug-likeness (QED) is 0.301. The lowest BCUT2D eigenvalue weighted by atomic mass is 9.94. The van der Waals surface area contributed by atoms with Crippen molar-refractivity contribution in [2.45, 2.75) is 45.1 Å². The number of thioether (sulfide) groups is 1. The van der Waals surface area contributed by atoms with E-state index >= 15 is 0 Å². The second-order valence-corrected chi connectivity index (χ2v) is 7.94. The number of pyridine rings is 1. The zero-order valence-corrected chi connectivity index (χ0v) is 17.0. The van der Waals surface area contributed by atoms with Crippen LogP contribution in [0.15, 0.2) is 53.5 Å². The van der Waals surface area contributed by atoms with Crippen LogP contribution in [0, 0.1) is 0 Å². The first-order valence-corrected chi connectivity index (χ1v) is 11.2. The number of amidine groups is 1. The maximum absolute atomic E-state index is 5.25. The Hall–Kier alpha value is -2.07. The number of fused-ring (bicyclic) bond motifs is 2. The molecule has 0 atom stereocenters. The minimum absolute atomic E-state index is 0.620. The summed E-state index contributed by atoms with van der Waals surface area (Å²) >= 11 is 1.76. The van der Waals surface area contributed by atoms with Gasteiger partial charge in [-0.15, -0.1) is 0 Å². The van der Waals surface area contributed by atoms with E-state index in [0.29, 0.717) is 6.04 Å². The van der Waals surface area contributed by atoms with Crippen LogP contribution in [0.4, 0.5) is 5.69 Å². The largest absolute Gasteiger partial charge is 0.348 e. The van der Waals surface area contributed by atoms with Crippen molar-refractivity contribution in [2.24, 2.45) is 4.99 Å². The first kappa shape index (κ1) is 18.3. The number of hydrogen-bond acceptors (Lipinski definition) is 3. The van der Waals surface area contributed by atoms with Crippen LogP contribution in [0.2, 0.25) is 0 Å². The monoisotopic (exact) mass is 377 g/mol.